The van der Waals surface area contributed by atoms with Crippen LogP contribution >= 0.6 is 0 Å². The van der Waals surface area contributed by atoms with Gasteiger partial charge in [0, 0.05) is 19.6 Å². The van der Waals surface area contributed by atoms with E-state index >= 15 is 0 Å². The second-order valence-electron chi connectivity index (χ2n) is 6.79. The molecular formula is C17H36N2. The molecule has 0 aromatic rings. The molecule has 1 aliphatic carbocycles. The van der Waals surface area contributed by atoms with Gasteiger partial charge in [-0.25, -0.2) is 0 Å². The molecule has 0 saturated heterocycles. The molecule has 0 amide bonds. The summed E-state index contributed by atoms with van der Waals surface area (Å²) in [5.41, 5.74) is 0.536. The van der Waals surface area contributed by atoms with Gasteiger partial charge >= 0.3 is 0 Å². The van der Waals surface area contributed by atoms with Crippen molar-refractivity contribution in [2.24, 2.45) is 11.3 Å². The highest BCUT2D eigenvalue weighted by molar-refractivity contribution is 4.86. The van der Waals surface area contributed by atoms with Crippen molar-refractivity contribution in [3.63, 3.8) is 0 Å². The van der Waals surface area contributed by atoms with Gasteiger partial charge in [-0.2, -0.15) is 0 Å². The fourth-order valence-electron chi connectivity index (χ4n) is 3.59. The van der Waals surface area contributed by atoms with Crippen molar-refractivity contribution in [2.75, 3.05) is 33.2 Å². The molecular weight excluding hydrogens is 232 g/mol. The van der Waals surface area contributed by atoms with Gasteiger partial charge in [0.05, 0.1) is 0 Å². The van der Waals surface area contributed by atoms with E-state index in [0.717, 1.165) is 5.92 Å². The first-order valence-corrected chi connectivity index (χ1v) is 8.52. The number of rotatable bonds is 8. The second kappa shape index (κ2) is 8.97. The molecule has 1 unspecified atom stereocenters. The highest BCUT2D eigenvalue weighted by Crippen LogP contribution is 2.35. The van der Waals surface area contributed by atoms with Crippen LogP contribution in [0.25, 0.3) is 0 Å². The third kappa shape index (κ3) is 5.83. The summed E-state index contributed by atoms with van der Waals surface area (Å²) in [7, 11) is 2.12. The van der Waals surface area contributed by atoms with Gasteiger partial charge in [-0.1, -0.05) is 52.9 Å². The summed E-state index contributed by atoms with van der Waals surface area (Å²) in [6.45, 7) is 12.0. The van der Waals surface area contributed by atoms with E-state index in [1.165, 1.54) is 71.1 Å². The Labute approximate surface area is 121 Å². The van der Waals surface area contributed by atoms with Crippen molar-refractivity contribution in [3.05, 3.63) is 0 Å². The minimum atomic E-state index is 0.536. The molecule has 19 heavy (non-hydrogen) atoms. The average molecular weight is 268 g/mol. The van der Waals surface area contributed by atoms with E-state index in [9.17, 15) is 0 Å². The van der Waals surface area contributed by atoms with Crippen molar-refractivity contribution < 1.29 is 0 Å². The molecule has 0 heterocycles. The molecule has 1 rings (SSSR count). The second-order valence-corrected chi connectivity index (χ2v) is 6.79. The average Bonchev–Trinajstić information content (AvgIpc) is 2.64. The maximum Gasteiger partial charge on any atom is 0.00501 e. The maximum absolute atomic E-state index is 3.48. The Morgan fingerprint density at radius 1 is 1.11 bits per heavy atom. The number of nitrogens with zero attached hydrogens (tertiary/aromatic N) is 1. The number of hydrogen-bond acceptors (Lipinski definition) is 2. The molecule has 0 spiro atoms. The number of nitrogens with one attached hydrogen (secondary N) is 1. The van der Waals surface area contributed by atoms with Gasteiger partial charge in [0.25, 0.3) is 0 Å². The van der Waals surface area contributed by atoms with Gasteiger partial charge in [0.1, 0.15) is 0 Å². The monoisotopic (exact) mass is 268 g/mol. The Kier molecular flexibility index (Phi) is 8.01. The van der Waals surface area contributed by atoms with Crippen molar-refractivity contribution in [3.8, 4) is 0 Å². The lowest BCUT2D eigenvalue weighted by Gasteiger charge is -2.38. The van der Waals surface area contributed by atoms with Gasteiger partial charge in [-0.05, 0) is 37.8 Å². The van der Waals surface area contributed by atoms with Crippen molar-refractivity contribution in [2.45, 2.75) is 65.7 Å². The molecule has 0 radical (unpaired) electrons. The van der Waals surface area contributed by atoms with Crippen LogP contribution in [0.5, 0.6) is 0 Å². The molecule has 1 N–H and O–H groups in total. The Bertz CT molecular complexity index is 219. The Morgan fingerprint density at radius 2 is 1.74 bits per heavy atom. The normalized spacial score (nSPS) is 21.3. The molecule has 1 fully saturated rings. The molecule has 1 atom stereocenters. The molecule has 0 aliphatic heterocycles. The van der Waals surface area contributed by atoms with E-state index in [-0.39, 0.29) is 0 Å². The Morgan fingerprint density at radius 3 is 2.21 bits per heavy atom. The fourth-order valence-corrected chi connectivity index (χ4v) is 3.59. The summed E-state index contributed by atoms with van der Waals surface area (Å²) < 4.78 is 0. The van der Waals surface area contributed by atoms with Crippen LogP contribution in [-0.2, 0) is 0 Å². The molecule has 0 bridgehead atoms. The Hall–Kier alpha value is -0.0800. The summed E-state index contributed by atoms with van der Waals surface area (Å²) in [5.74, 6) is 0.831. The smallest absolute Gasteiger partial charge is 0.00501 e. The zero-order chi connectivity index (χ0) is 14.1. The van der Waals surface area contributed by atoms with Crippen LogP contribution in [0.1, 0.15) is 65.7 Å². The van der Waals surface area contributed by atoms with Crippen LogP contribution in [0.15, 0.2) is 0 Å². The van der Waals surface area contributed by atoms with Crippen LogP contribution in [0.2, 0.25) is 0 Å². The molecule has 1 saturated carbocycles. The summed E-state index contributed by atoms with van der Waals surface area (Å²) in [6.07, 6.45) is 9.91. The fraction of sp³-hybridized carbons (Fsp3) is 1.00. The third-order valence-corrected chi connectivity index (χ3v) is 4.99. The van der Waals surface area contributed by atoms with Gasteiger partial charge in [0.2, 0.25) is 0 Å². The first kappa shape index (κ1) is 17.0. The highest BCUT2D eigenvalue weighted by Gasteiger charge is 2.32. The SMILES string of the molecule is CCC(C)CN(CC)CC1(CNC)CCCCCC1. The number of hydrogen-bond donors (Lipinski definition) is 1. The van der Waals surface area contributed by atoms with Crippen LogP contribution in [0, 0.1) is 11.3 Å². The summed E-state index contributed by atoms with van der Waals surface area (Å²) in [5, 5.41) is 3.48. The molecule has 0 aromatic heterocycles. The summed E-state index contributed by atoms with van der Waals surface area (Å²) >= 11 is 0. The van der Waals surface area contributed by atoms with E-state index in [0.29, 0.717) is 5.41 Å². The third-order valence-electron chi connectivity index (χ3n) is 4.99. The minimum Gasteiger partial charge on any atom is -0.319 e. The lowest BCUT2D eigenvalue weighted by Crippen LogP contribution is -2.44. The van der Waals surface area contributed by atoms with Gasteiger partial charge in [-0.3, -0.25) is 0 Å². The predicted octanol–water partition coefficient (Wildman–Crippen LogP) is 3.91. The van der Waals surface area contributed by atoms with Crippen LogP contribution in [-0.4, -0.2) is 38.1 Å². The van der Waals surface area contributed by atoms with E-state index in [2.05, 4.69) is 38.0 Å². The van der Waals surface area contributed by atoms with Crippen LogP contribution in [0.4, 0.5) is 0 Å². The van der Waals surface area contributed by atoms with Crippen molar-refractivity contribution in [1.29, 1.82) is 0 Å². The van der Waals surface area contributed by atoms with E-state index in [4.69, 9.17) is 0 Å². The van der Waals surface area contributed by atoms with E-state index in [1.54, 1.807) is 0 Å². The summed E-state index contributed by atoms with van der Waals surface area (Å²) in [4.78, 5) is 2.71. The molecule has 1 aliphatic rings. The van der Waals surface area contributed by atoms with Crippen LogP contribution in [0.3, 0.4) is 0 Å². The first-order valence-electron chi connectivity index (χ1n) is 8.52. The van der Waals surface area contributed by atoms with Gasteiger partial charge in [0.15, 0.2) is 0 Å². The van der Waals surface area contributed by atoms with Crippen molar-refractivity contribution in [1.82, 2.24) is 10.2 Å². The van der Waals surface area contributed by atoms with Crippen LogP contribution < -0.4 is 5.32 Å². The van der Waals surface area contributed by atoms with Crippen molar-refractivity contribution >= 4 is 0 Å². The van der Waals surface area contributed by atoms with E-state index < -0.39 is 0 Å². The van der Waals surface area contributed by atoms with Gasteiger partial charge < -0.3 is 10.2 Å². The largest absolute Gasteiger partial charge is 0.319 e. The first-order chi connectivity index (χ1) is 9.15. The highest BCUT2D eigenvalue weighted by atomic mass is 15.1. The molecule has 2 nitrogen and oxygen atoms in total. The predicted molar refractivity (Wildman–Crippen MR) is 85.6 cm³/mol. The topological polar surface area (TPSA) is 15.3 Å². The molecule has 114 valence electrons. The molecule has 2 heteroatoms. The standard InChI is InChI=1S/C17H36N2/c1-5-16(3)13-19(6-2)15-17(14-18-4)11-9-7-8-10-12-17/h16,18H,5-15H2,1-4H3. The van der Waals surface area contributed by atoms with Gasteiger partial charge in [-0.15, -0.1) is 0 Å². The zero-order valence-corrected chi connectivity index (χ0v) is 13.8. The zero-order valence-electron chi connectivity index (χ0n) is 13.8. The minimum absolute atomic E-state index is 0.536. The lowest BCUT2D eigenvalue weighted by atomic mass is 9.79. The summed E-state index contributed by atoms with van der Waals surface area (Å²) in [6, 6.07) is 0. The maximum atomic E-state index is 3.48. The lowest BCUT2D eigenvalue weighted by molar-refractivity contribution is 0.120. The quantitative estimate of drug-likeness (QED) is 0.671. The molecule has 0 aromatic carbocycles. The Balaban J connectivity index is 2.63. The van der Waals surface area contributed by atoms with E-state index in [1.807, 2.05) is 0 Å².